The zero-order valence-corrected chi connectivity index (χ0v) is 32.4. The van der Waals surface area contributed by atoms with E-state index < -0.39 is 57.9 Å². The first kappa shape index (κ1) is 42.0. The van der Waals surface area contributed by atoms with Gasteiger partial charge < -0.3 is 31.7 Å². The molecule has 54 heavy (non-hydrogen) atoms. The summed E-state index contributed by atoms with van der Waals surface area (Å²) in [6.07, 6.45) is 0.606. The van der Waals surface area contributed by atoms with Crippen molar-refractivity contribution in [3.8, 4) is 0 Å². The SMILES string of the molecule is Cc1ccccc1NC(=O)Nc1ccc(CC(=O)N[C@@H](CC(C)C)C(=O)NCC[C@H](NC(=O)[C@@H]2CCCN2S(=O)(=O)c2cc(Cl)cc(Cl)c2)C(=O)O)cc1. The minimum absolute atomic E-state index is 0.0249. The molecule has 1 heterocycles. The van der Waals surface area contributed by atoms with Crippen LogP contribution in [0.25, 0.3) is 0 Å². The quantitative estimate of drug-likeness (QED) is 0.117. The Kier molecular flexibility index (Phi) is 14.8. The second-order valence-corrected chi connectivity index (χ2v) is 16.1. The number of carbonyl (C=O) groups is 5. The summed E-state index contributed by atoms with van der Waals surface area (Å²) >= 11 is 12.0. The average Bonchev–Trinajstić information content (AvgIpc) is 3.60. The summed E-state index contributed by atoms with van der Waals surface area (Å²) in [7, 11) is -4.18. The Balaban J connectivity index is 1.29. The van der Waals surface area contributed by atoms with Gasteiger partial charge in [-0.25, -0.2) is 18.0 Å². The van der Waals surface area contributed by atoms with E-state index in [2.05, 4.69) is 26.6 Å². The third kappa shape index (κ3) is 11.9. The van der Waals surface area contributed by atoms with Crippen molar-refractivity contribution < 1.29 is 37.5 Å². The van der Waals surface area contributed by atoms with Crippen LogP contribution in [0.2, 0.25) is 10.0 Å². The highest BCUT2D eigenvalue weighted by molar-refractivity contribution is 7.89. The number of rotatable bonds is 16. The number of aryl methyl sites for hydroxylation is 1. The summed E-state index contributed by atoms with van der Waals surface area (Å²) in [5, 5.41) is 23.4. The first-order valence-corrected chi connectivity index (χ1v) is 19.5. The largest absolute Gasteiger partial charge is 0.480 e. The highest BCUT2D eigenvalue weighted by atomic mass is 35.5. The third-order valence-corrected chi connectivity index (χ3v) is 10.9. The lowest BCUT2D eigenvalue weighted by molar-refractivity contribution is -0.142. The standard InChI is InChI=1S/C37H44Cl2N6O8S/c1-22(2)17-31(42-33(46)18-24-10-12-27(13-11-24)41-37(51)44-29-8-5-4-7-23(29)3)34(47)40-15-14-30(36(49)50)43-35(48)32-9-6-16-45(32)54(52,53)28-20-25(38)19-26(39)21-28/h4-5,7-8,10-13,19-22,30-32H,6,9,14-18H2,1-3H3,(H,40,47)(H,42,46)(H,43,48)(H,49,50)(H2,41,44,51)/t30-,31-,32-/m0/s1. The molecule has 1 aliphatic heterocycles. The van der Waals surface area contributed by atoms with Gasteiger partial charge in [-0.05, 0) is 86.1 Å². The van der Waals surface area contributed by atoms with Crippen LogP contribution in [-0.4, -0.2) is 78.8 Å². The van der Waals surface area contributed by atoms with E-state index in [0.717, 1.165) is 9.87 Å². The molecule has 1 fully saturated rings. The van der Waals surface area contributed by atoms with E-state index in [0.29, 0.717) is 29.8 Å². The number of halogens is 2. The van der Waals surface area contributed by atoms with Crippen molar-refractivity contribution in [1.29, 1.82) is 0 Å². The molecule has 0 aromatic heterocycles. The van der Waals surface area contributed by atoms with Gasteiger partial charge in [-0.15, -0.1) is 0 Å². The molecule has 0 saturated carbocycles. The molecule has 0 bridgehead atoms. The molecule has 17 heteroatoms. The van der Waals surface area contributed by atoms with Gasteiger partial charge in [0.25, 0.3) is 0 Å². The van der Waals surface area contributed by atoms with E-state index in [-0.39, 0.29) is 53.2 Å². The van der Waals surface area contributed by atoms with Crippen molar-refractivity contribution in [3.63, 3.8) is 0 Å². The van der Waals surface area contributed by atoms with E-state index in [9.17, 15) is 37.5 Å². The van der Waals surface area contributed by atoms with Gasteiger partial charge in [0.1, 0.15) is 18.1 Å². The second kappa shape index (κ2) is 19.1. The Labute approximate surface area is 324 Å². The van der Waals surface area contributed by atoms with Crippen molar-refractivity contribution >= 4 is 74.3 Å². The number of carbonyl (C=O) groups excluding carboxylic acids is 4. The fourth-order valence-corrected chi connectivity index (χ4v) is 8.31. The minimum Gasteiger partial charge on any atom is -0.480 e. The Morgan fingerprint density at radius 3 is 2.20 bits per heavy atom. The highest BCUT2D eigenvalue weighted by Crippen LogP contribution is 2.30. The first-order valence-electron chi connectivity index (χ1n) is 17.3. The number of nitrogens with one attached hydrogen (secondary N) is 5. The molecule has 5 amide bonds. The van der Waals surface area contributed by atoms with E-state index in [1.54, 1.807) is 30.3 Å². The molecule has 0 aliphatic carbocycles. The van der Waals surface area contributed by atoms with Gasteiger partial charge >= 0.3 is 12.0 Å². The highest BCUT2D eigenvalue weighted by Gasteiger charge is 2.40. The molecule has 6 N–H and O–H groups in total. The fraction of sp³-hybridized carbons (Fsp3) is 0.378. The Morgan fingerprint density at radius 2 is 1.57 bits per heavy atom. The number of hydrogen-bond acceptors (Lipinski definition) is 7. The number of para-hydroxylation sites is 1. The lowest BCUT2D eigenvalue weighted by atomic mass is 10.0. The number of carboxylic acids is 1. The molecule has 3 aromatic rings. The van der Waals surface area contributed by atoms with E-state index >= 15 is 0 Å². The van der Waals surface area contributed by atoms with Crippen LogP contribution >= 0.6 is 23.2 Å². The van der Waals surface area contributed by atoms with E-state index in [4.69, 9.17) is 23.2 Å². The van der Waals surface area contributed by atoms with Gasteiger partial charge in [0.05, 0.1) is 11.3 Å². The molecule has 0 spiro atoms. The molecule has 14 nitrogen and oxygen atoms in total. The summed E-state index contributed by atoms with van der Waals surface area (Å²) in [6, 6.07) is 14.0. The van der Waals surface area contributed by atoms with Crippen molar-refractivity contribution in [2.45, 2.75) is 75.9 Å². The number of amides is 5. The average molecular weight is 804 g/mol. The maximum absolute atomic E-state index is 13.4. The molecule has 0 unspecified atom stereocenters. The summed E-state index contributed by atoms with van der Waals surface area (Å²) in [6.45, 7) is 5.54. The number of nitrogens with zero attached hydrogens (tertiary/aromatic N) is 1. The Hall–Kier alpha value is -4.70. The summed E-state index contributed by atoms with van der Waals surface area (Å²) in [4.78, 5) is 63.7. The monoisotopic (exact) mass is 802 g/mol. The van der Waals surface area contributed by atoms with E-state index in [1.807, 2.05) is 39.0 Å². The molecular formula is C37H44Cl2N6O8S. The van der Waals surface area contributed by atoms with Crippen LogP contribution in [-0.2, 0) is 35.6 Å². The van der Waals surface area contributed by atoms with Crippen molar-refractivity contribution in [2.24, 2.45) is 5.92 Å². The van der Waals surface area contributed by atoms with Crippen LogP contribution in [0.4, 0.5) is 16.2 Å². The predicted octanol–water partition coefficient (Wildman–Crippen LogP) is 4.95. The van der Waals surface area contributed by atoms with Gasteiger partial charge in [-0.3, -0.25) is 14.4 Å². The van der Waals surface area contributed by atoms with Gasteiger partial charge in [0.15, 0.2) is 0 Å². The summed E-state index contributed by atoms with van der Waals surface area (Å²) < 4.78 is 27.7. The van der Waals surface area contributed by atoms with Crippen molar-refractivity contribution in [1.82, 2.24) is 20.3 Å². The maximum atomic E-state index is 13.4. The fourth-order valence-electron chi connectivity index (χ4n) is 5.93. The molecule has 4 rings (SSSR count). The lowest BCUT2D eigenvalue weighted by Crippen LogP contribution is -2.52. The molecule has 3 atom stereocenters. The number of aliphatic carboxylic acids is 1. The third-order valence-electron chi connectivity index (χ3n) is 8.62. The molecular weight excluding hydrogens is 759 g/mol. The first-order chi connectivity index (χ1) is 25.5. The molecule has 0 radical (unpaired) electrons. The minimum atomic E-state index is -4.18. The zero-order valence-electron chi connectivity index (χ0n) is 30.0. The van der Waals surface area contributed by atoms with Crippen LogP contribution in [0.1, 0.15) is 50.7 Å². The molecule has 3 aromatic carbocycles. The topological polar surface area (TPSA) is 203 Å². The molecule has 1 saturated heterocycles. The number of sulfonamides is 1. The van der Waals surface area contributed by atoms with Crippen LogP contribution in [0, 0.1) is 12.8 Å². The van der Waals surface area contributed by atoms with Crippen LogP contribution < -0.4 is 26.6 Å². The summed E-state index contributed by atoms with van der Waals surface area (Å²) in [5.41, 5.74) is 2.76. The smallest absolute Gasteiger partial charge is 0.326 e. The maximum Gasteiger partial charge on any atom is 0.326 e. The number of carboxylic acid groups (broad SMARTS) is 1. The van der Waals surface area contributed by atoms with Gasteiger partial charge in [0.2, 0.25) is 27.7 Å². The van der Waals surface area contributed by atoms with Gasteiger partial charge in [0, 0.05) is 34.5 Å². The zero-order chi connectivity index (χ0) is 39.6. The number of benzene rings is 3. The van der Waals surface area contributed by atoms with E-state index in [1.165, 1.54) is 18.2 Å². The van der Waals surface area contributed by atoms with Gasteiger partial charge in [-0.1, -0.05) is 67.4 Å². The number of hydrogen-bond donors (Lipinski definition) is 6. The van der Waals surface area contributed by atoms with Crippen LogP contribution in [0.5, 0.6) is 0 Å². The van der Waals surface area contributed by atoms with Crippen molar-refractivity contribution in [2.75, 3.05) is 23.7 Å². The van der Waals surface area contributed by atoms with Crippen LogP contribution in [0.3, 0.4) is 0 Å². The van der Waals surface area contributed by atoms with Gasteiger partial charge in [-0.2, -0.15) is 4.31 Å². The number of anilines is 2. The predicted molar refractivity (Wildman–Crippen MR) is 206 cm³/mol. The normalized spacial score (nSPS) is 15.6. The van der Waals surface area contributed by atoms with Crippen LogP contribution in [0.15, 0.2) is 71.6 Å². The Bertz CT molecular complexity index is 1940. The molecule has 1 aliphatic rings. The number of urea groups is 1. The molecule has 290 valence electrons. The lowest BCUT2D eigenvalue weighted by Gasteiger charge is -2.25. The van der Waals surface area contributed by atoms with Crippen molar-refractivity contribution in [3.05, 3.63) is 87.9 Å². The summed E-state index contributed by atoms with van der Waals surface area (Å²) in [5.74, 6) is -3.08. The Morgan fingerprint density at radius 1 is 0.907 bits per heavy atom. The second-order valence-electron chi connectivity index (χ2n) is 13.4.